The number of hydrogen-bond acceptors (Lipinski definition) is 2. The van der Waals surface area contributed by atoms with E-state index < -0.39 is 6.04 Å². The highest BCUT2D eigenvalue weighted by molar-refractivity contribution is 5.95. The summed E-state index contributed by atoms with van der Waals surface area (Å²) in [5.74, 6) is 0.486. The summed E-state index contributed by atoms with van der Waals surface area (Å²) in [6.07, 6.45) is 4.79. The van der Waals surface area contributed by atoms with Crippen molar-refractivity contribution in [2.75, 3.05) is 6.54 Å². The summed E-state index contributed by atoms with van der Waals surface area (Å²) in [5.41, 5.74) is 0.896. The molecule has 0 aromatic heterocycles. The van der Waals surface area contributed by atoms with E-state index in [0.717, 1.165) is 18.4 Å². The maximum Gasteiger partial charge on any atom is 0.247 e. The summed E-state index contributed by atoms with van der Waals surface area (Å²) < 4.78 is 0. The number of benzene rings is 1. The molecule has 0 radical (unpaired) electrons. The summed E-state index contributed by atoms with van der Waals surface area (Å²) in [6, 6.07) is 9.25. The fraction of sp³-hybridized carbons (Fsp3) is 0.529. The first-order valence-corrected chi connectivity index (χ1v) is 7.82. The summed E-state index contributed by atoms with van der Waals surface area (Å²) >= 11 is 0. The molecule has 2 aliphatic rings. The lowest BCUT2D eigenvalue weighted by atomic mass is 9.93. The minimum atomic E-state index is -0.483. The average molecular weight is 286 g/mol. The van der Waals surface area contributed by atoms with E-state index in [-0.39, 0.29) is 24.4 Å². The van der Waals surface area contributed by atoms with Crippen LogP contribution in [0.15, 0.2) is 30.3 Å². The lowest BCUT2D eigenvalue weighted by Crippen LogP contribution is -2.57. The number of hydrogen-bond donors (Lipinski definition) is 1. The van der Waals surface area contributed by atoms with Crippen molar-refractivity contribution in [3.8, 4) is 0 Å². The lowest BCUT2D eigenvalue weighted by molar-refractivity contribution is -0.149. The molecule has 1 aromatic carbocycles. The summed E-state index contributed by atoms with van der Waals surface area (Å²) in [7, 11) is 0. The van der Waals surface area contributed by atoms with Crippen molar-refractivity contribution in [3.63, 3.8) is 0 Å². The van der Waals surface area contributed by atoms with Crippen molar-refractivity contribution in [3.05, 3.63) is 35.9 Å². The van der Waals surface area contributed by atoms with Crippen molar-refractivity contribution in [2.45, 2.75) is 44.7 Å². The summed E-state index contributed by atoms with van der Waals surface area (Å²) in [4.78, 5) is 26.6. The van der Waals surface area contributed by atoms with Crippen LogP contribution in [0, 0.1) is 5.92 Å². The smallest absolute Gasteiger partial charge is 0.247 e. The highest BCUT2D eigenvalue weighted by Crippen LogP contribution is 2.35. The third-order valence-electron chi connectivity index (χ3n) is 4.86. The average Bonchev–Trinajstić information content (AvgIpc) is 3.04. The number of nitrogens with zero attached hydrogens (tertiary/aromatic N) is 1. The zero-order valence-electron chi connectivity index (χ0n) is 12.4. The standard InChI is InChI=1S/C17H22N2O2/c1-12(13-7-5-6-8-13)19-15(20)11-18-17(21)16(19)14-9-3-2-4-10-14/h2-4,9-10,12-13,16H,5-8,11H2,1H3,(H,18,21). The van der Waals surface area contributed by atoms with Gasteiger partial charge in [-0.15, -0.1) is 0 Å². The van der Waals surface area contributed by atoms with E-state index in [0.29, 0.717) is 5.92 Å². The number of carbonyl (C=O) groups excluding carboxylic acids is 2. The highest BCUT2D eigenvalue weighted by atomic mass is 16.2. The van der Waals surface area contributed by atoms with Gasteiger partial charge in [0.15, 0.2) is 0 Å². The molecule has 4 heteroatoms. The fourth-order valence-corrected chi connectivity index (χ4v) is 3.70. The first-order valence-electron chi connectivity index (χ1n) is 7.82. The zero-order chi connectivity index (χ0) is 14.8. The number of amides is 2. The Bertz CT molecular complexity index is 523. The van der Waals surface area contributed by atoms with Crippen molar-refractivity contribution in [1.82, 2.24) is 10.2 Å². The van der Waals surface area contributed by atoms with E-state index in [9.17, 15) is 9.59 Å². The Morgan fingerprint density at radius 1 is 1.14 bits per heavy atom. The second-order valence-corrected chi connectivity index (χ2v) is 6.12. The molecule has 2 amide bonds. The summed E-state index contributed by atoms with van der Waals surface area (Å²) in [6.45, 7) is 2.22. The third kappa shape index (κ3) is 2.67. The predicted octanol–water partition coefficient (Wildman–Crippen LogP) is 2.26. The zero-order valence-corrected chi connectivity index (χ0v) is 12.4. The fourth-order valence-electron chi connectivity index (χ4n) is 3.70. The molecule has 2 fully saturated rings. The maximum absolute atomic E-state index is 12.4. The van der Waals surface area contributed by atoms with Gasteiger partial charge in [-0.1, -0.05) is 43.2 Å². The molecule has 0 spiro atoms. The molecule has 4 nitrogen and oxygen atoms in total. The molecule has 1 aromatic rings. The SMILES string of the molecule is CC(C1CCCC1)N1C(=O)CNC(=O)C1c1ccccc1. The molecule has 2 unspecified atom stereocenters. The summed E-state index contributed by atoms with van der Waals surface area (Å²) in [5, 5.41) is 2.73. The minimum Gasteiger partial charge on any atom is -0.345 e. The molecule has 112 valence electrons. The van der Waals surface area contributed by atoms with Gasteiger partial charge in [0.05, 0.1) is 6.54 Å². The van der Waals surface area contributed by atoms with Crippen LogP contribution in [0.25, 0.3) is 0 Å². The Kier molecular flexibility index (Phi) is 3.95. The van der Waals surface area contributed by atoms with Gasteiger partial charge in [-0.3, -0.25) is 9.59 Å². The van der Waals surface area contributed by atoms with Gasteiger partial charge in [0.2, 0.25) is 11.8 Å². The van der Waals surface area contributed by atoms with Crippen LogP contribution in [0.4, 0.5) is 0 Å². The van der Waals surface area contributed by atoms with E-state index in [2.05, 4.69) is 12.2 Å². The number of rotatable bonds is 3. The minimum absolute atomic E-state index is 0.0304. The molecule has 21 heavy (non-hydrogen) atoms. The molecule has 1 heterocycles. The second-order valence-electron chi connectivity index (χ2n) is 6.12. The molecule has 1 N–H and O–H groups in total. The van der Waals surface area contributed by atoms with Crippen LogP contribution in [0.5, 0.6) is 0 Å². The van der Waals surface area contributed by atoms with Gasteiger partial charge in [0.1, 0.15) is 6.04 Å². The Balaban J connectivity index is 1.92. The number of nitrogens with one attached hydrogen (secondary N) is 1. The van der Waals surface area contributed by atoms with Crippen LogP contribution in [0.1, 0.15) is 44.2 Å². The molecule has 3 rings (SSSR count). The van der Waals surface area contributed by atoms with Gasteiger partial charge in [0, 0.05) is 6.04 Å². The van der Waals surface area contributed by atoms with Crippen LogP contribution in [-0.4, -0.2) is 29.3 Å². The molecular formula is C17H22N2O2. The van der Waals surface area contributed by atoms with Crippen molar-refractivity contribution in [1.29, 1.82) is 0 Å². The topological polar surface area (TPSA) is 49.4 Å². The molecule has 1 saturated carbocycles. The highest BCUT2D eigenvalue weighted by Gasteiger charge is 2.40. The molecule has 0 bridgehead atoms. The Morgan fingerprint density at radius 3 is 2.48 bits per heavy atom. The normalized spacial score (nSPS) is 25.0. The van der Waals surface area contributed by atoms with E-state index in [1.165, 1.54) is 12.8 Å². The largest absolute Gasteiger partial charge is 0.345 e. The first kappa shape index (κ1) is 14.1. The number of piperazine rings is 1. The maximum atomic E-state index is 12.4. The lowest BCUT2D eigenvalue weighted by Gasteiger charge is -2.41. The van der Waals surface area contributed by atoms with Crippen LogP contribution < -0.4 is 5.32 Å². The molecular weight excluding hydrogens is 264 g/mol. The molecule has 1 aliphatic heterocycles. The second kappa shape index (κ2) is 5.88. The third-order valence-corrected chi connectivity index (χ3v) is 4.86. The molecule has 1 saturated heterocycles. The monoisotopic (exact) mass is 286 g/mol. The van der Waals surface area contributed by atoms with Gasteiger partial charge >= 0.3 is 0 Å². The Hall–Kier alpha value is -1.84. The predicted molar refractivity (Wildman–Crippen MR) is 80.5 cm³/mol. The quantitative estimate of drug-likeness (QED) is 0.926. The van der Waals surface area contributed by atoms with E-state index in [1.807, 2.05) is 35.2 Å². The first-order chi connectivity index (χ1) is 10.2. The van der Waals surface area contributed by atoms with Crippen LogP contribution in [0.2, 0.25) is 0 Å². The van der Waals surface area contributed by atoms with Gasteiger partial charge in [-0.2, -0.15) is 0 Å². The van der Waals surface area contributed by atoms with Gasteiger partial charge in [-0.05, 0) is 31.2 Å². The molecule has 2 atom stereocenters. The van der Waals surface area contributed by atoms with E-state index >= 15 is 0 Å². The van der Waals surface area contributed by atoms with E-state index in [4.69, 9.17) is 0 Å². The number of carbonyl (C=O) groups is 2. The van der Waals surface area contributed by atoms with Gasteiger partial charge in [-0.25, -0.2) is 0 Å². The van der Waals surface area contributed by atoms with E-state index in [1.54, 1.807) is 0 Å². The van der Waals surface area contributed by atoms with Crippen LogP contribution in [0.3, 0.4) is 0 Å². The van der Waals surface area contributed by atoms with Gasteiger partial charge in [0.25, 0.3) is 0 Å². The van der Waals surface area contributed by atoms with Crippen molar-refractivity contribution in [2.24, 2.45) is 5.92 Å². The Labute approximate surface area is 125 Å². The van der Waals surface area contributed by atoms with Gasteiger partial charge < -0.3 is 10.2 Å². The Morgan fingerprint density at radius 2 is 1.81 bits per heavy atom. The van der Waals surface area contributed by atoms with Crippen molar-refractivity contribution < 1.29 is 9.59 Å². The molecule has 1 aliphatic carbocycles. The van der Waals surface area contributed by atoms with Crippen LogP contribution >= 0.6 is 0 Å². The van der Waals surface area contributed by atoms with Crippen molar-refractivity contribution >= 4 is 11.8 Å². The van der Waals surface area contributed by atoms with Crippen LogP contribution in [-0.2, 0) is 9.59 Å².